The Labute approximate surface area is 205 Å². The molecule has 0 fully saturated rings. The normalized spacial score (nSPS) is 11.5. The summed E-state index contributed by atoms with van der Waals surface area (Å²) in [4.78, 5) is 6.94. The van der Waals surface area contributed by atoms with Crippen LogP contribution in [0.3, 0.4) is 0 Å². The van der Waals surface area contributed by atoms with Gasteiger partial charge in [0.05, 0.1) is 0 Å². The van der Waals surface area contributed by atoms with E-state index in [4.69, 9.17) is 0 Å². The van der Waals surface area contributed by atoms with Crippen LogP contribution >= 0.6 is 0 Å². The Morgan fingerprint density at radius 2 is 1.00 bits per heavy atom. The van der Waals surface area contributed by atoms with E-state index in [9.17, 15) is 0 Å². The molecule has 0 aliphatic heterocycles. The van der Waals surface area contributed by atoms with Crippen LogP contribution < -0.4 is 0 Å². The second-order valence-corrected chi connectivity index (χ2v) is 8.23. The van der Waals surface area contributed by atoms with Gasteiger partial charge in [-0.3, -0.25) is 0 Å². The summed E-state index contributed by atoms with van der Waals surface area (Å²) in [6, 6.07) is 0. The molecule has 1 aliphatic rings. The molecule has 0 saturated heterocycles. The summed E-state index contributed by atoms with van der Waals surface area (Å²) in [6.07, 6.45) is 13.5. The van der Waals surface area contributed by atoms with Crippen LogP contribution in [0.2, 0.25) is 0 Å². The Balaban J connectivity index is -0.000000325. The standard InChI is InChI=1S/3C7H15N.C5H5.Zr/c3*1-4-7-8(5-2)6-3;1-2-4-5-3-1;/h3*4H,1,5-7H2,2-3H3;1-3H,4H2;. The van der Waals surface area contributed by atoms with Gasteiger partial charge in [0.1, 0.15) is 0 Å². The molecule has 0 N–H and O–H groups in total. The fourth-order valence-corrected chi connectivity index (χ4v) is 2.97. The van der Waals surface area contributed by atoms with E-state index < -0.39 is 0 Å². The Hall–Kier alpha value is -0.537. The number of hydrogen-bond acceptors (Lipinski definition) is 3. The molecule has 0 heterocycles. The van der Waals surface area contributed by atoms with E-state index in [1.165, 1.54) is 6.42 Å². The molecule has 1 aliphatic carbocycles. The van der Waals surface area contributed by atoms with Crippen molar-refractivity contribution >= 4 is 0 Å². The third-order valence-electron chi connectivity index (χ3n) is 4.62. The quantitative estimate of drug-likeness (QED) is 0.311. The molecule has 0 aromatic carbocycles. The summed E-state index contributed by atoms with van der Waals surface area (Å²) in [5.74, 6) is 0. The van der Waals surface area contributed by atoms with Crippen LogP contribution in [0.5, 0.6) is 0 Å². The van der Waals surface area contributed by atoms with E-state index >= 15 is 0 Å². The van der Waals surface area contributed by atoms with Gasteiger partial charge in [0, 0.05) is 19.6 Å². The van der Waals surface area contributed by atoms with Crippen molar-refractivity contribution in [2.45, 2.75) is 48.0 Å². The second-order valence-electron chi connectivity index (χ2n) is 6.65. The van der Waals surface area contributed by atoms with Crippen molar-refractivity contribution in [3.63, 3.8) is 0 Å². The number of nitrogens with zero attached hydrogens (tertiary/aromatic N) is 3. The molecule has 30 heavy (non-hydrogen) atoms. The zero-order valence-electron chi connectivity index (χ0n) is 21.0. The number of allylic oxidation sites excluding steroid dienone is 4. The third-order valence-corrected chi connectivity index (χ3v) is 5.53. The molecule has 0 saturated carbocycles. The number of rotatable bonds is 12. The topological polar surface area (TPSA) is 9.72 Å². The van der Waals surface area contributed by atoms with Gasteiger partial charge < -0.3 is 14.7 Å². The van der Waals surface area contributed by atoms with Crippen LogP contribution in [0.4, 0.5) is 0 Å². The van der Waals surface area contributed by atoms with E-state index in [1.807, 2.05) is 18.2 Å². The van der Waals surface area contributed by atoms with Gasteiger partial charge >= 0.3 is 52.6 Å². The summed E-state index contributed by atoms with van der Waals surface area (Å²) >= 11 is 1.56. The molecule has 0 aromatic rings. The Morgan fingerprint density at radius 1 is 0.700 bits per heavy atom. The van der Waals surface area contributed by atoms with Crippen LogP contribution in [0.1, 0.15) is 48.0 Å². The Morgan fingerprint density at radius 3 is 1.07 bits per heavy atom. The first-order chi connectivity index (χ1) is 14.4. The van der Waals surface area contributed by atoms with E-state index in [0.717, 1.165) is 58.9 Å². The van der Waals surface area contributed by atoms with Gasteiger partial charge in [-0.2, -0.15) is 0 Å². The molecule has 0 aromatic heterocycles. The Bertz CT molecular complexity index is 389. The first-order valence-corrected chi connectivity index (χ1v) is 12.7. The van der Waals surface area contributed by atoms with Crippen LogP contribution in [-0.2, 0) is 24.7 Å². The van der Waals surface area contributed by atoms with Crippen molar-refractivity contribution in [1.82, 2.24) is 14.7 Å². The van der Waals surface area contributed by atoms with Crippen molar-refractivity contribution < 1.29 is 24.7 Å². The molecule has 0 bridgehead atoms. The van der Waals surface area contributed by atoms with Crippen molar-refractivity contribution in [2.24, 2.45) is 0 Å². The molecular formula is C26H50N3Zr. The molecule has 0 atom stereocenters. The average molecular weight is 496 g/mol. The van der Waals surface area contributed by atoms with Gasteiger partial charge in [0.2, 0.25) is 0 Å². The second kappa shape index (κ2) is 28.5. The van der Waals surface area contributed by atoms with Crippen LogP contribution in [0.25, 0.3) is 0 Å². The SMILES string of the molecule is C=CCN(CC)CC.C=CCN(CC)CC.C=CCN(CC)CC.[Zr][C]1=CC=CC1. The summed E-state index contributed by atoms with van der Waals surface area (Å²) in [5, 5.41) is 0. The molecular weight excluding hydrogens is 446 g/mol. The molecule has 4 heteroatoms. The van der Waals surface area contributed by atoms with Gasteiger partial charge in [-0.05, 0) is 39.3 Å². The van der Waals surface area contributed by atoms with Crippen molar-refractivity contribution in [3.05, 3.63) is 59.5 Å². The summed E-state index contributed by atoms with van der Waals surface area (Å²) in [5.41, 5.74) is 0. The monoisotopic (exact) mass is 494 g/mol. The predicted octanol–water partition coefficient (Wildman–Crippen LogP) is 5.92. The maximum absolute atomic E-state index is 3.65. The van der Waals surface area contributed by atoms with Crippen molar-refractivity contribution in [1.29, 1.82) is 0 Å². The molecule has 0 radical (unpaired) electrons. The minimum absolute atomic E-state index is 1.02. The predicted molar refractivity (Wildman–Crippen MR) is 136 cm³/mol. The molecule has 0 spiro atoms. The average Bonchev–Trinajstić information content (AvgIpc) is 3.26. The van der Waals surface area contributed by atoms with Gasteiger partial charge in [-0.15, -0.1) is 19.7 Å². The van der Waals surface area contributed by atoms with Gasteiger partial charge in [-0.1, -0.05) is 59.8 Å². The van der Waals surface area contributed by atoms with Gasteiger partial charge in [0.15, 0.2) is 0 Å². The zero-order valence-corrected chi connectivity index (χ0v) is 23.5. The maximum atomic E-state index is 3.65. The summed E-state index contributed by atoms with van der Waals surface area (Å²) in [7, 11) is 0. The molecule has 0 amide bonds. The van der Waals surface area contributed by atoms with E-state index in [0.29, 0.717) is 0 Å². The van der Waals surface area contributed by atoms with Crippen molar-refractivity contribution in [2.75, 3.05) is 58.9 Å². The third kappa shape index (κ3) is 25.5. The van der Waals surface area contributed by atoms with Crippen LogP contribution in [0.15, 0.2) is 59.5 Å². The van der Waals surface area contributed by atoms with E-state index in [2.05, 4.69) is 94.2 Å². The first kappa shape index (κ1) is 34.1. The fourth-order valence-electron chi connectivity index (χ4n) is 2.44. The van der Waals surface area contributed by atoms with E-state index in [1.54, 1.807) is 28.0 Å². The zero-order chi connectivity index (χ0) is 23.6. The van der Waals surface area contributed by atoms with Crippen molar-refractivity contribution in [3.8, 4) is 0 Å². The molecule has 3 nitrogen and oxygen atoms in total. The Kier molecular flexibility index (Phi) is 32.3. The minimum atomic E-state index is 1.02. The fraction of sp³-hybridized carbons (Fsp3) is 0.615. The molecule has 0 unspecified atom stereocenters. The molecule has 173 valence electrons. The van der Waals surface area contributed by atoms with Gasteiger partial charge in [0.25, 0.3) is 0 Å². The van der Waals surface area contributed by atoms with E-state index in [-0.39, 0.29) is 0 Å². The molecule has 1 rings (SSSR count). The number of likely N-dealkylation sites (N-methyl/N-ethyl adjacent to an activating group) is 3. The summed E-state index contributed by atoms with van der Waals surface area (Å²) in [6.45, 7) is 33.8. The van der Waals surface area contributed by atoms with Crippen LogP contribution in [0, 0.1) is 0 Å². The van der Waals surface area contributed by atoms with Gasteiger partial charge in [-0.25, -0.2) is 0 Å². The summed E-state index contributed by atoms with van der Waals surface area (Å²) < 4.78 is 1.56. The van der Waals surface area contributed by atoms with Crippen LogP contribution in [-0.4, -0.2) is 73.6 Å². The first-order valence-electron chi connectivity index (χ1n) is 11.5. The number of hydrogen-bond donors (Lipinski definition) is 0.